The molecule has 2 atom stereocenters. The Balaban J connectivity index is 1.83. The Morgan fingerprint density at radius 1 is 1.18 bits per heavy atom. The van der Waals surface area contributed by atoms with Crippen LogP contribution in [0, 0.1) is 11.3 Å². The number of benzene rings is 1. The van der Waals surface area contributed by atoms with Gasteiger partial charge in [0.25, 0.3) is 0 Å². The number of hydrogen-bond donors (Lipinski definition) is 0. The zero-order chi connectivity index (χ0) is 15.3. The highest BCUT2D eigenvalue weighted by Gasteiger charge is 2.46. The molecule has 3 aliphatic carbocycles. The Kier molecular flexibility index (Phi) is 3.18. The summed E-state index contributed by atoms with van der Waals surface area (Å²) in [6.07, 6.45) is 7.14. The molecule has 0 heterocycles. The highest BCUT2D eigenvalue weighted by Crippen LogP contribution is 2.57. The maximum atomic E-state index is 11.9. The lowest BCUT2D eigenvalue weighted by molar-refractivity contribution is -0.124. The third kappa shape index (κ3) is 1.89. The van der Waals surface area contributed by atoms with Gasteiger partial charge in [-0.1, -0.05) is 24.6 Å². The minimum atomic E-state index is 0.252. The predicted octanol–water partition coefficient (Wildman–Crippen LogP) is 4.56. The smallest absolute Gasteiger partial charge is 0.133 e. The first-order valence-corrected chi connectivity index (χ1v) is 8.54. The van der Waals surface area contributed by atoms with E-state index in [0.717, 1.165) is 50.7 Å². The van der Waals surface area contributed by atoms with Gasteiger partial charge in [-0.3, -0.25) is 4.79 Å². The third-order valence-corrected chi connectivity index (χ3v) is 6.40. The molecule has 4 rings (SSSR count). The number of Topliss-reactive ketones (excluding diaryl/α,β-unsaturated/α-hetero) is 1. The minimum Gasteiger partial charge on any atom is -0.496 e. The molecule has 0 unspecified atom stereocenters. The molecule has 0 radical (unpaired) electrons. The van der Waals surface area contributed by atoms with Crippen LogP contribution in [0.25, 0.3) is 5.57 Å². The van der Waals surface area contributed by atoms with Crippen molar-refractivity contribution in [2.24, 2.45) is 11.3 Å². The maximum absolute atomic E-state index is 11.9. The molecule has 1 fully saturated rings. The second kappa shape index (κ2) is 4.97. The van der Waals surface area contributed by atoms with Crippen LogP contribution in [0.1, 0.15) is 56.6 Å². The molecule has 0 amide bonds. The Morgan fingerprint density at radius 3 is 2.86 bits per heavy atom. The molecular formula is C20H24O2. The molecule has 0 spiro atoms. The summed E-state index contributed by atoms with van der Waals surface area (Å²) >= 11 is 0. The lowest BCUT2D eigenvalue weighted by atomic mass is 9.55. The van der Waals surface area contributed by atoms with E-state index in [1.54, 1.807) is 18.3 Å². The zero-order valence-corrected chi connectivity index (χ0v) is 13.6. The number of hydrogen-bond acceptors (Lipinski definition) is 2. The molecule has 2 nitrogen and oxygen atoms in total. The Bertz CT molecular complexity index is 670. The molecule has 0 bridgehead atoms. The van der Waals surface area contributed by atoms with Crippen molar-refractivity contribution in [1.82, 2.24) is 0 Å². The standard InChI is InChI=1S/C20H24O2/c1-20-11-10-14(21)12-13(20)6-7-16-15-4-3-5-19(22-2)17(15)8-9-18(16)20/h3-5,13H,6-12H2,1-2H3/t13-,20-/m1/s1. The van der Waals surface area contributed by atoms with E-state index < -0.39 is 0 Å². The van der Waals surface area contributed by atoms with E-state index in [9.17, 15) is 4.79 Å². The van der Waals surface area contributed by atoms with Gasteiger partial charge < -0.3 is 4.74 Å². The average Bonchev–Trinajstić information content (AvgIpc) is 2.54. The van der Waals surface area contributed by atoms with Crippen molar-refractivity contribution < 1.29 is 9.53 Å². The van der Waals surface area contributed by atoms with Crippen molar-refractivity contribution in [3.05, 3.63) is 34.9 Å². The monoisotopic (exact) mass is 296 g/mol. The summed E-state index contributed by atoms with van der Waals surface area (Å²) in [5, 5.41) is 0. The molecule has 22 heavy (non-hydrogen) atoms. The first-order chi connectivity index (χ1) is 10.6. The van der Waals surface area contributed by atoms with Crippen LogP contribution in [0.15, 0.2) is 23.8 Å². The van der Waals surface area contributed by atoms with E-state index in [2.05, 4.69) is 25.1 Å². The zero-order valence-electron chi connectivity index (χ0n) is 13.6. The summed E-state index contributed by atoms with van der Waals surface area (Å²) in [6.45, 7) is 2.42. The normalized spacial score (nSPS) is 30.5. The van der Waals surface area contributed by atoms with Gasteiger partial charge in [-0.05, 0) is 60.6 Å². The molecule has 0 saturated heterocycles. The summed E-state index contributed by atoms with van der Waals surface area (Å²) in [4.78, 5) is 11.9. The van der Waals surface area contributed by atoms with Crippen molar-refractivity contribution in [2.75, 3.05) is 7.11 Å². The highest BCUT2D eigenvalue weighted by atomic mass is 16.5. The largest absolute Gasteiger partial charge is 0.496 e. The van der Waals surface area contributed by atoms with Crippen LogP contribution >= 0.6 is 0 Å². The van der Waals surface area contributed by atoms with Crippen LogP contribution in [0.3, 0.4) is 0 Å². The fourth-order valence-corrected chi connectivity index (χ4v) is 5.12. The van der Waals surface area contributed by atoms with Crippen LogP contribution in [0.5, 0.6) is 5.75 Å². The predicted molar refractivity (Wildman–Crippen MR) is 87.9 cm³/mol. The van der Waals surface area contributed by atoms with Gasteiger partial charge >= 0.3 is 0 Å². The van der Waals surface area contributed by atoms with Crippen LogP contribution in [0.4, 0.5) is 0 Å². The van der Waals surface area contributed by atoms with Crippen molar-refractivity contribution in [1.29, 1.82) is 0 Å². The average molecular weight is 296 g/mol. The first-order valence-electron chi connectivity index (χ1n) is 8.54. The fourth-order valence-electron chi connectivity index (χ4n) is 5.12. The quantitative estimate of drug-likeness (QED) is 0.759. The van der Waals surface area contributed by atoms with E-state index in [-0.39, 0.29) is 5.41 Å². The molecule has 2 heteroatoms. The second-order valence-corrected chi connectivity index (χ2v) is 7.34. The summed E-state index contributed by atoms with van der Waals surface area (Å²) in [7, 11) is 1.77. The Hall–Kier alpha value is -1.57. The number of rotatable bonds is 1. The SMILES string of the molecule is COc1cccc2c1CCC1=C2CC[C@@H]2CC(=O)CC[C@@]12C. The molecule has 1 saturated carbocycles. The van der Waals surface area contributed by atoms with Crippen LogP contribution in [-0.2, 0) is 11.2 Å². The third-order valence-electron chi connectivity index (χ3n) is 6.40. The van der Waals surface area contributed by atoms with Crippen LogP contribution in [0.2, 0.25) is 0 Å². The van der Waals surface area contributed by atoms with Gasteiger partial charge in [0.15, 0.2) is 0 Å². The number of fused-ring (bicyclic) bond motifs is 4. The summed E-state index contributed by atoms with van der Waals surface area (Å²) in [5.74, 6) is 2.08. The Labute approximate surface area is 132 Å². The number of ether oxygens (including phenoxy) is 1. The number of ketones is 1. The van der Waals surface area contributed by atoms with Crippen molar-refractivity contribution in [3.63, 3.8) is 0 Å². The summed E-state index contributed by atoms with van der Waals surface area (Å²) in [5.41, 5.74) is 6.27. The maximum Gasteiger partial charge on any atom is 0.133 e. The molecule has 0 N–H and O–H groups in total. The number of methoxy groups -OCH3 is 1. The molecule has 1 aromatic rings. The van der Waals surface area contributed by atoms with E-state index in [0.29, 0.717) is 11.7 Å². The minimum absolute atomic E-state index is 0.252. The Morgan fingerprint density at radius 2 is 2.05 bits per heavy atom. The molecule has 3 aliphatic rings. The van der Waals surface area contributed by atoms with Crippen LogP contribution in [-0.4, -0.2) is 12.9 Å². The van der Waals surface area contributed by atoms with Gasteiger partial charge in [0.05, 0.1) is 7.11 Å². The number of carbonyl (C=O) groups excluding carboxylic acids is 1. The van der Waals surface area contributed by atoms with Gasteiger partial charge in [-0.2, -0.15) is 0 Å². The highest BCUT2D eigenvalue weighted by molar-refractivity contribution is 5.82. The van der Waals surface area contributed by atoms with Crippen molar-refractivity contribution in [3.8, 4) is 5.75 Å². The van der Waals surface area contributed by atoms with E-state index in [4.69, 9.17) is 4.74 Å². The van der Waals surface area contributed by atoms with Gasteiger partial charge in [-0.15, -0.1) is 0 Å². The lowest BCUT2D eigenvalue weighted by Crippen LogP contribution is -2.40. The summed E-state index contributed by atoms with van der Waals surface area (Å²) < 4.78 is 5.57. The van der Waals surface area contributed by atoms with E-state index in [1.807, 2.05) is 0 Å². The topological polar surface area (TPSA) is 26.3 Å². The molecule has 116 valence electrons. The first kappa shape index (κ1) is 14.0. The van der Waals surface area contributed by atoms with E-state index in [1.165, 1.54) is 11.1 Å². The van der Waals surface area contributed by atoms with Crippen molar-refractivity contribution >= 4 is 11.4 Å². The van der Waals surface area contributed by atoms with E-state index >= 15 is 0 Å². The summed E-state index contributed by atoms with van der Waals surface area (Å²) in [6, 6.07) is 6.47. The van der Waals surface area contributed by atoms with Crippen LogP contribution < -0.4 is 4.74 Å². The molecule has 1 aromatic carbocycles. The van der Waals surface area contributed by atoms with Gasteiger partial charge in [0.1, 0.15) is 11.5 Å². The van der Waals surface area contributed by atoms with Gasteiger partial charge in [0, 0.05) is 18.4 Å². The van der Waals surface area contributed by atoms with Crippen molar-refractivity contribution in [2.45, 2.75) is 51.9 Å². The number of carbonyl (C=O) groups is 1. The van der Waals surface area contributed by atoms with Gasteiger partial charge in [0.2, 0.25) is 0 Å². The van der Waals surface area contributed by atoms with Gasteiger partial charge in [-0.25, -0.2) is 0 Å². The lowest BCUT2D eigenvalue weighted by Gasteiger charge is -2.49. The number of allylic oxidation sites excluding steroid dienone is 2. The molecule has 0 aromatic heterocycles. The molecule has 0 aliphatic heterocycles. The molecular weight excluding hydrogens is 272 g/mol. The second-order valence-electron chi connectivity index (χ2n) is 7.34. The fraction of sp³-hybridized carbons (Fsp3) is 0.550.